The van der Waals surface area contributed by atoms with Crippen molar-refractivity contribution in [1.29, 1.82) is 0 Å². The van der Waals surface area contributed by atoms with Crippen LogP contribution >= 0.6 is 11.6 Å². The van der Waals surface area contributed by atoms with Gasteiger partial charge in [0.25, 0.3) is 11.5 Å². The van der Waals surface area contributed by atoms with Gasteiger partial charge in [-0.3, -0.25) is 33.6 Å². The number of nitrogens with zero attached hydrogens (tertiary/aromatic N) is 9. The van der Waals surface area contributed by atoms with Crippen LogP contribution in [0.5, 0.6) is 0 Å². The molecule has 0 radical (unpaired) electrons. The molecule has 1 N–H and O–H groups in total. The summed E-state index contributed by atoms with van der Waals surface area (Å²) in [5, 5.41) is 4.23. The number of aromatic nitrogens is 4. The Labute approximate surface area is 398 Å². The van der Waals surface area contributed by atoms with Crippen molar-refractivity contribution in [3.63, 3.8) is 0 Å². The van der Waals surface area contributed by atoms with Gasteiger partial charge in [0.15, 0.2) is 5.78 Å². The van der Waals surface area contributed by atoms with Gasteiger partial charge in [0.1, 0.15) is 17.5 Å². The van der Waals surface area contributed by atoms with E-state index in [0.717, 1.165) is 111 Å². The van der Waals surface area contributed by atoms with Gasteiger partial charge in [-0.2, -0.15) is 0 Å². The number of nitrogens with one attached hydrogen (secondary N) is 1. The molecule has 14 nitrogen and oxygen atoms in total. The molecule has 1 unspecified atom stereocenters. The van der Waals surface area contributed by atoms with Crippen molar-refractivity contribution in [3.8, 4) is 0 Å². The fraction of sp³-hybridized carbons (Fsp3) is 0.558. The topological polar surface area (TPSA) is 140 Å². The van der Waals surface area contributed by atoms with E-state index < -0.39 is 6.04 Å². The number of allylic oxidation sites excluding steroid dienone is 1. The fourth-order valence-corrected chi connectivity index (χ4v) is 12.3. The molecular formula is C52H65ClN10O4. The zero-order valence-corrected chi connectivity index (χ0v) is 40.0. The first kappa shape index (κ1) is 45.6. The van der Waals surface area contributed by atoms with Crippen molar-refractivity contribution < 1.29 is 14.4 Å². The first-order chi connectivity index (χ1) is 32.5. The molecule has 0 bridgehead atoms. The molecule has 8 heterocycles. The van der Waals surface area contributed by atoms with E-state index in [4.69, 9.17) is 21.6 Å². The van der Waals surface area contributed by atoms with Crippen LogP contribution in [0.25, 0.3) is 11.0 Å². The van der Waals surface area contributed by atoms with E-state index in [-0.39, 0.29) is 34.8 Å². The number of hydrogen-bond donors (Lipinski definition) is 1. The number of ketones is 1. The first-order valence-electron chi connectivity index (χ1n) is 24.9. The van der Waals surface area contributed by atoms with Gasteiger partial charge in [0, 0.05) is 92.5 Å². The van der Waals surface area contributed by atoms with Crippen LogP contribution in [0.15, 0.2) is 53.7 Å². The summed E-state index contributed by atoms with van der Waals surface area (Å²) in [4.78, 5) is 78.4. The summed E-state index contributed by atoms with van der Waals surface area (Å²) in [5.74, 6) is 1.62. The smallest absolute Gasteiger partial charge is 0.263 e. The summed E-state index contributed by atoms with van der Waals surface area (Å²) in [6.07, 6.45) is 15.6. The Morgan fingerprint density at radius 2 is 1.58 bits per heavy atom. The van der Waals surface area contributed by atoms with E-state index in [1.165, 1.54) is 58.7 Å². The third kappa shape index (κ3) is 9.37. The Bertz CT molecular complexity index is 2600. The Kier molecular flexibility index (Phi) is 13.2. The third-order valence-electron chi connectivity index (χ3n) is 16.0. The van der Waals surface area contributed by atoms with Gasteiger partial charge in [-0.15, -0.1) is 0 Å². The summed E-state index contributed by atoms with van der Waals surface area (Å²) in [7, 11) is 0. The van der Waals surface area contributed by atoms with Crippen LogP contribution in [0.1, 0.15) is 127 Å². The number of rotatable bonds is 12. The zero-order valence-electron chi connectivity index (χ0n) is 39.3. The van der Waals surface area contributed by atoms with Crippen molar-refractivity contribution in [2.75, 3.05) is 75.2 Å². The van der Waals surface area contributed by atoms with Crippen LogP contribution in [0.4, 0.5) is 11.4 Å². The highest BCUT2D eigenvalue weighted by molar-refractivity contribution is 6.35. The van der Waals surface area contributed by atoms with Gasteiger partial charge in [0.05, 0.1) is 34.6 Å². The summed E-state index contributed by atoms with van der Waals surface area (Å²) >= 11 is 7.02. The van der Waals surface area contributed by atoms with Gasteiger partial charge in [-0.1, -0.05) is 31.0 Å². The SMILES string of the molecule is C=C1CCC(N2Cc3c(ccc(N4CCN(CC5CCN(CCC6CCN(c7ccc(Cc8ncc9c(C)c(C(C)=O)c(=O)n(C%10CCCC%10)c9n8)nc7)CC6)CC5)CC4)c3Cl)C2=O)C(=O)N1. The van der Waals surface area contributed by atoms with Crippen LogP contribution in [0.2, 0.25) is 5.02 Å². The molecule has 10 rings (SSSR count). The Balaban J connectivity index is 0.647. The number of piperazine rings is 1. The quantitative estimate of drug-likeness (QED) is 0.148. The average molecular weight is 930 g/mol. The summed E-state index contributed by atoms with van der Waals surface area (Å²) in [6, 6.07) is 7.71. The van der Waals surface area contributed by atoms with Gasteiger partial charge >= 0.3 is 0 Å². The summed E-state index contributed by atoms with van der Waals surface area (Å²) in [5.41, 5.74) is 6.51. The minimum atomic E-state index is -0.491. The first-order valence-corrected chi connectivity index (χ1v) is 25.3. The predicted molar refractivity (Wildman–Crippen MR) is 262 cm³/mol. The molecule has 67 heavy (non-hydrogen) atoms. The maximum absolute atomic E-state index is 13.6. The maximum atomic E-state index is 13.6. The van der Waals surface area contributed by atoms with E-state index >= 15 is 0 Å². The van der Waals surface area contributed by atoms with Crippen molar-refractivity contribution in [1.82, 2.24) is 39.5 Å². The van der Waals surface area contributed by atoms with Crippen molar-refractivity contribution in [2.45, 2.75) is 110 Å². The molecule has 15 heteroatoms. The maximum Gasteiger partial charge on any atom is 0.263 e. The Morgan fingerprint density at radius 1 is 0.836 bits per heavy atom. The number of likely N-dealkylation sites (tertiary alicyclic amines) is 1. The number of fused-ring (bicyclic) bond motifs is 2. The molecule has 1 atom stereocenters. The number of benzene rings is 1. The lowest BCUT2D eigenvalue weighted by Gasteiger charge is -2.40. The molecule has 0 spiro atoms. The molecule has 2 amide bonds. The zero-order chi connectivity index (χ0) is 46.3. The molecule has 1 saturated carbocycles. The molecule has 6 aliphatic rings. The lowest BCUT2D eigenvalue weighted by molar-refractivity contribution is -0.126. The largest absolute Gasteiger partial charge is 0.370 e. The second kappa shape index (κ2) is 19.4. The van der Waals surface area contributed by atoms with E-state index in [2.05, 4.69) is 48.6 Å². The van der Waals surface area contributed by atoms with Crippen molar-refractivity contribution in [3.05, 3.63) is 98.1 Å². The van der Waals surface area contributed by atoms with E-state index in [0.29, 0.717) is 59.1 Å². The number of piperidine rings is 3. The molecule has 4 aromatic rings. The third-order valence-corrected chi connectivity index (χ3v) is 16.4. The molecule has 1 aliphatic carbocycles. The van der Waals surface area contributed by atoms with Crippen LogP contribution in [0, 0.1) is 18.8 Å². The van der Waals surface area contributed by atoms with Gasteiger partial charge in [-0.05, 0) is 133 Å². The number of Topliss-reactive ketones (excluding diaryl/α,β-unsaturated/α-hetero) is 1. The van der Waals surface area contributed by atoms with E-state index in [1.54, 1.807) is 15.7 Å². The highest BCUT2D eigenvalue weighted by Gasteiger charge is 2.40. The highest BCUT2D eigenvalue weighted by Crippen LogP contribution is 2.39. The van der Waals surface area contributed by atoms with Crippen LogP contribution in [0.3, 0.4) is 0 Å². The normalized spacial score (nSPS) is 21.7. The summed E-state index contributed by atoms with van der Waals surface area (Å²) < 4.78 is 1.78. The van der Waals surface area contributed by atoms with E-state index in [9.17, 15) is 19.2 Å². The fourth-order valence-electron chi connectivity index (χ4n) is 11.9. The number of pyridine rings is 2. The molecule has 1 aromatic carbocycles. The standard InChI is InChI=1S/C52H65ClN10O4/c1-33-8-12-45(50(65)56-33)62-32-43-41(51(62)66)11-13-44(48(43)53)61-26-24-59(25-27-61)31-37-15-20-58(21-16-37)19-14-36-17-22-60(23-18-36)40-10-9-38(54-29-40)28-46-55-30-42-34(2)47(35(3)64)52(67)63(49(42)57-46)39-6-4-5-7-39/h9-11,13,29-30,36-37,39,45H,1,4-8,12,14-28,31-32H2,2-3H3,(H,56,65). The van der Waals surface area contributed by atoms with Gasteiger partial charge < -0.3 is 24.9 Å². The molecule has 5 fully saturated rings. The number of halogens is 1. The number of carbonyl (C=O) groups excluding carboxylic acids is 3. The second-order valence-corrected chi connectivity index (χ2v) is 20.6. The van der Waals surface area contributed by atoms with Gasteiger partial charge in [0.2, 0.25) is 5.91 Å². The minimum Gasteiger partial charge on any atom is -0.370 e. The minimum absolute atomic E-state index is 0.0548. The number of hydrogen-bond acceptors (Lipinski definition) is 11. The second-order valence-electron chi connectivity index (χ2n) is 20.2. The molecule has 4 saturated heterocycles. The lowest BCUT2D eigenvalue weighted by Crippen LogP contribution is -2.49. The number of anilines is 2. The Hall–Kier alpha value is -5.18. The predicted octanol–water partition coefficient (Wildman–Crippen LogP) is 6.95. The van der Waals surface area contributed by atoms with Crippen molar-refractivity contribution in [2.24, 2.45) is 11.8 Å². The van der Waals surface area contributed by atoms with Crippen LogP contribution in [-0.2, 0) is 17.8 Å². The molecule has 354 valence electrons. The van der Waals surface area contributed by atoms with Crippen LogP contribution < -0.4 is 20.7 Å². The van der Waals surface area contributed by atoms with Crippen LogP contribution in [-0.4, -0.2) is 123 Å². The average Bonchev–Trinajstić information content (AvgIpc) is 3.98. The lowest BCUT2D eigenvalue weighted by atomic mass is 9.91. The number of amides is 2. The highest BCUT2D eigenvalue weighted by atomic mass is 35.5. The molecule has 5 aliphatic heterocycles. The number of carbonyl (C=O) groups is 3. The number of aryl methyl sites for hydroxylation is 1. The summed E-state index contributed by atoms with van der Waals surface area (Å²) in [6.45, 7) is 18.1. The van der Waals surface area contributed by atoms with Crippen molar-refractivity contribution >= 4 is 51.6 Å². The van der Waals surface area contributed by atoms with Gasteiger partial charge in [-0.25, -0.2) is 9.97 Å². The monoisotopic (exact) mass is 928 g/mol. The molecular weight excluding hydrogens is 864 g/mol. The Morgan fingerprint density at radius 3 is 2.28 bits per heavy atom. The molecule has 3 aromatic heterocycles. The van der Waals surface area contributed by atoms with E-state index in [1.807, 2.05) is 25.3 Å².